The maximum atomic E-state index is 13.0. The van der Waals surface area contributed by atoms with Crippen molar-refractivity contribution in [2.75, 3.05) is 6.54 Å². The van der Waals surface area contributed by atoms with Gasteiger partial charge in [0.15, 0.2) is 28.7 Å². The fraction of sp³-hybridized carbons (Fsp3) is 0.118. The van der Waals surface area contributed by atoms with Gasteiger partial charge in [-0.2, -0.15) is 0 Å². The molecule has 0 radical (unpaired) electrons. The molecule has 0 fully saturated rings. The van der Waals surface area contributed by atoms with E-state index in [0.717, 1.165) is 5.56 Å². The van der Waals surface area contributed by atoms with Crippen LogP contribution in [0.4, 0.5) is 0 Å². The minimum absolute atomic E-state index is 0.0146. The Bertz CT molecular complexity index is 2100. The summed E-state index contributed by atoms with van der Waals surface area (Å²) in [6, 6.07) is 14.8. The number of halogens is 5. The molecule has 4 aromatic carbocycles. The first-order valence-electron chi connectivity index (χ1n) is 14.7. The van der Waals surface area contributed by atoms with Gasteiger partial charge in [-0.1, -0.05) is 16.4 Å². The number of aromatic hydroxyl groups is 2. The summed E-state index contributed by atoms with van der Waals surface area (Å²) in [7, 11) is 0. The molecule has 12 nitrogen and oxygen atoms in total. The number of hydrogen-bond donors (Lipinski definition) is 6. The zero-order valence-corrected chi connectivity index (χ0v) is 33.8. The zero-order chi connectivity index (χ0) is 36.8. The van der Waals surface area contributed by atoms with Crippen LogP contribution in [0, 0.1) is 0 Å². The molecule has 264 valence electrons. The number of benzene rings is 4. The molecule has 17 heteroatoms. The number of phenols is 2. The summed E-state index contributed by atoms with van der Waals surface area (Å²) < 4.78 is 14.3. The van der Waals surface area contributed by atoms with Crippen LogP contribution in [0.15, 0.2) is 93.5 Å². The fourth-order valence-corrected chi connectivity index (χ4v) is 7.69. The topological polar surface area (TPSA) is 182 Å². The Balaban J connectivity index is 1.50. The number of rotatable bonds is 0. The summed E-state index contributed by atoms with van der Waals surface area (Å²) in [5.74, 6) is -0.732. The van der Waals surface area contributed by atoms with Gasteiger partial charge in [-0.25, -0.2) is 0 Å². The van der Waals surface area contributed by atoms with Crippen LogP contribution in [-0.2, 0) is 28.9 Å². The van der Waals surface area contributed by atoms with Gasteiger partial charge < -0.3 is 40.7 Å². The molecule has 0 aromatic heterocycles. The molecule has 0 saturated heterocycles. The van der Waals surface area contributed by atoms with E-state index in [2.05, 4.69) is 101 Å². The van der Waals surface area contributed by atoms with Crippen LogP contribution in [-0.4, -0.2) is 50.4 Å². The number of ether oxygens (including phenoxy) is 2. The lowest BCUT2D eigenvalue weighted by Gasteiger charge is -2.15. The molecule has 51 heavy (non-hydrogen) atoms. The molecule has 4 aliphatic heterocycles. The standard InChI is InChI=1S/C34H25Br5N4O8/c35-20-7-16-1-2-27(20)50-28-15-19(11-22(37)30(28)44)13-26(43-49)34(47)40-5-3-17-9-23(38)32(24(39)10-17)51-29-14-18(8-21(36)31(29)45)4-6-41-33(46)25(12-16)42-48/h1-3,5,7-11,14-15,44-45,48-49H,4,6,12-13H2,(H,40,47)(H,41,46)/b5-3+,42-25+,43-26-. The number of nitrogens with one attached hydrogen (secondary N) is 2. The quantitative estimate of drug-likeness (QED) is 0.0747. The van der Waals surface area contributed by atoms with E-state index in [0.29, 0.717) is 52.5 Å². The molecule has 0 atom stereocenters. The molecular formula is C34H25Br5N4O8. The van der Waals surface area contributed by atoms with Crippen LogP contribution in [0.1, 0.15) is 22.3 Å². The van der Waals surface area contributed by atoms with Gasteiger partial charge in [-0.3, -0.25) is 9.59 Å². The van der Waals surface area contributed by atoms with E-state index < -0.39 is 11.8 Å². The summed E-state index contributed by atoms with van der Waals surface area (Å²) in [4.78, 5) is 25.9. The van der Waals surface area contributed by atoms with E-state index in [9.17, 15) is 30.2 Å². The monoisotopic (exact) mass is 1010 g/mol. The number of hydrogen-bond acceptors (Lipinski definition) is 10. The van der Waals surface area contributed by atoms with Crippen molar-refractivity contribution >= 4 is 109 Å². The van der Waals surface area contributed by atoms with E-state index in [-0.39, 0.29) is 58.3 Å². The molecule has 0 saturated carbocycles. The Hall–Kier alpha value is -3.90. The van der Waals surface area contributed by atoms with Gasteiger partial charge in [0.1, 0.15) is 17.2 Å². The summed E-state index contributed by atoms with van der Waals surface area (Å²) in [5.41, 5.74) is 2.12. The predicted octanol–water partition coefficient (Wildman–Crippen LogP) is 8.70. The van der Waals surface area contributed by atoms with Crippen molar-refractivity contribution < 1.29 is 39.7 Å². The average molecular weight is 1020 g/mol. The van der Waals surface area contributed by atoms with Crippen LogP contribution < -0.4 is 20.1 Å². The van der Waals surface area contributed by atoms with Gasteiger partial charge in [-0.15, -0.1) is 0 Å². The molecule has 8 bridgehead atoms. The van der Waals surface area contributed by atoms with E-state index in [1.54, 1.807) is 54.6 Å². The van der Waals surface area contributed by atoms with Crippen LogP contribution in [0.3, 0.4) is 0 Å². The molecule has 4 heterocycles. The van der Waals surface area contributed by atoms with Crippen LogP contribution >= 0.6 is 79.6 Å². The highest BCUT2D eigenvalue weighted by molar-refractivity contribution is 9.11. The van der Waals surface area contributed by atoms with Crippen molar-refractivity contribution in [3.8, 4) is 34.5 Å². The van der Waals surface area contributed by atoms with Crippen molar-refractivity contribution in [2.24, 2.45) is 10.3 Å². The third kappa shape index (κ3) is 9.51. The van der Waals surface area contributed by atoms with Gasteiger partial charge >= 0.3 is 0 Å². The fourth-order valence-electron chi connectivity index (χ4n) is 4.82. The van der Waals surface area contributed by atoms with E-state index >= 15 is 0 Å². The first-order valence-corrected chi connectivity index (χ1v) is 18.7. The molecule has 2 amide bonds. The van der Waals surface area contributed by atoms with Gasteiger partial charge in [0.05, 0.1) is 22.4 Å². The number of phenolic OH excluding ortho intramolecular Hbond substituents is 2. The second kappa shape index (κ2) is 17.1. The van der Waals surface area contributed by atoms with Crippen molar-refractivity contribution in [1.29, 1.82) is 0 Å². The largest absolute Gasteiger partial charge is 0.503 e. The normalized spacial score (nSPS) is 16.5. The minimum atomic E-state index is -0.676. The first kappa shape index (κ1) is 38.3. The maximum absolute atomic E-state index is 13.0. The Morgan fingerprint density at radius 3 is 1.84 bits per heavy atom. The molecule has 0 aliphatic carbocycles. The summed E-state index contributed by atoms with van der Waals surface area (Å²) in [6.45, 7) is 0.180. The zero-order valence-electron chi connectivity index (χ0n) is 25.9. The van der Waals surface area contributed by atoms with E-state index in [4.69, 9.17) is 9.47 Å². The van der Waals surface area contributed by atoms with Crippen LogP contribution in [0.25, 0.3) is 6.08 Å². The first-order chi connectivity index (χ1) is 24.4. The smallest absolute Gasteiger partial charge is 0.273 e. The predicted molar refractivity (Wildman–Crippen MR) is 207 cm³/mol. The lowest BCUT2D eigenvalue weighted by Crippen LogP contribution is -2.33. The van der Waals surface area contributed by atoms with Crippen molar-refractivity contribution in [3.63, 3.8) is 0 Å². The number of carbonyl (C=O) groups excluding carboxylic acids is 2. The minimum Gasteiger partial charge on any atom is -0.503 e. The second-order valence-corrected chi connectivity index (χ2v) is 15.2. The highest BCUT2D eigenvalue weighted by Crippen LogP contribution is 2.44. The van der Waals surface area contributed by atoms with Gasteiger partial charge in [-0.05, 0) is 163 Å². The third-order valence-corrected chi connectivity index (χ3v) is 10.3. The average Bonchev–Trinajstić information content (AvgIpc) is 3.08. The SMILES string of the molecule is O=C1N/C=C/c2cc(Br)c(c(Br)c2)Oc2cc(cc(Br)c2O)CCNC(=O)/C(=N/O)Cc2ccc(c(Br)c2)Oc2cc(cc(Br)c2O)C/C1=N/O. The Kier molecular flexibility index (Phi) is 12.8. The van der Waals surface area contributed by atoms with Gasteiger partial charge in [0.25, 0.3) is 11.8 Å². The number of amides is 2. The van der Waals surface area contributed by atoms with Crippen molar-refractivity contribution in [1.82, 2.24) is 10.6 Å². The summed E-state index contributed by atoms with van der Waals surface area (Å²) in [6.07, 6.45) is 3.22. The lowest BCUT2D eigenvalue weighted by atomic mass is 10.1. The molecule has 6 N–H and O–H groups in total. The van der Waals surface area contributed by atoms with Crippen LogP contribution in [0.2, 0.25) is 0 Å². The summed E-state index contributed by atoms with van der Waals surface area (Å²) >= 11 is 17.1. The molecule has 8 rings (SSSR count). The third-order valence-electron chi connectivity index (χ3n) is 7.32. The molecule has 4 aliphatic rings. The lowest BCUT2D eigenvalue weighted by molar-refractivity contribution is -0.115. The molecular weight excluding hydrogens is 992 g/mol. The van der Waals surface area contributed by atoms with Gasteiger partial charge in [0, 0.05) is 25.6 Å². The number of oxime groups is 2. The summed E-state index contributed by atoms with van der Waals surface area (Å²) in [5, 5.41) is 52.6. The van der Waals surface area contributed by atoms with Gasteiger partial charge in [0.2, 0.25) is 0 Å². The van der Waals surface area contributed by atoms with E-state index in [1.165, 1.54) is 12.3 Å². The molecule has 0 unspecified atom stereocenters. The number of carbonyl (C=O) groups is 2. The highest BCUT2D eigenvalue weighted by atomic mass is 79.9. The maximum Gasteiger partial charge on any atom is 0.273 e. The second-order valence-electron chi connectivity index (χ2n) is 10.9. The molecule has 0 spiro atoms. The molecule has 4 aromatic rings. The number of nitrogens with zero attached hydrogens (tertiary/aromatic N) is 2. The van der Waals surface area contributed by atoms with Crippen molar-refractivity contribution in [2.45, 2.75) is 19.3 Å². The van der Waals surface area contributed by atoms with Crippen molar-refractivity contribution in [3.05, 3.63) is 105 Å². The Morgan fingerprint density at radius 1 is 0.627 bits per heavy atom. The highest BCUT2D eigenvalue weighted by Gasteiger charge is 2.20. The Labute approximate surface area is 332 Å². The Morgan fingerprint density at radius 2 is 1.20 bits per heavy atom. The van der Waals surface area contributed by atoms with E-state index in [1.807, 2.05) is 0 Å². The van der Waals surface area contributed by atoms with Crippen LogP contribution in [0.5, 0.6) is 34.5 Å².